The van der Waals surface area contributed by atoms with E-state index in [0.717, 1.165) is 6.42 Å². The smallest absolute Gasteiger partial charge is 0.330 e. The summed E-state index contributed by atoms with van der Waals surface area (Å²) in [5, 5.41) is 0. The molecule has 1 aliphatic heterocycles. The fourth-order valence-electron chi connectivity index (χ4n) is 1.99. The molecule has 20 heavy (non-hydrogen) atoms. The molecule has 112 valence electrons. The summed E-state index contributed by atoms with van der Waals surface area (Å²) in [6.07, 6.45) is 3.94. The molecule has 1 fully saturated rings. The van der Waals surface area contributed by atoms with Crippen LogP contribution in [0.5, 0.6) is 0 Å². The summed E-state index contributed by atoms with van der Waals surface area (Å²) in [7, 11) is 0. The lowest BCUT2D eigenvalue weighted by Gasteiger charge is -2.22. The Balaban J connectivity index is 2.39. The molecule has 1 saturated heterocycles. The van der Waals surface area contributed by atoms with Crippen molar-refractivity contribution in [2.24, 2.45) is 5.73 Å². The second kappa shape index (κ2) is 8.31. The van der Waals surface area contributed by atoms with Crippen LogP contribution in [0.25, 0.3) is 0 Å². The first-order valence-corrected chi connectivity index (χ1v) is 6.59. The largest absolute Gasteiger partial charge is 0.463 e. The highest BCUT2D eigenvalue weighted by Gasteiger charge is 2.34. The van der Waals surface area contributed by atoms with Crippen LogP contribution in [-0.4, -0.2) is 55.1 Å². The summed E-state index contributed by atoms with van der Waals surface area (Å²) in [5.41, 5.74) is 5.29. The molecule has 0 radical (unpaired) electrons. The molecule has 0 aromatic carbocycles. The zero-order valence-electron chi connectivity index (χ0n) is 11.5. The lowest BCUT2D eigenvalue weighted by molar-refractivity contribution is -0.152. The van der Waals surface area contributed by atoms with Gasteiger partial charge in [-0.25, -0.2) is 9.59 Å². The van der Waals surface area contributed by atoms with E-state index >= 15 is 0 Å². The average Bonchev–Trinajstić information content (AvgIpc) is 2.92. The number of amides is 1. The molecule has 1 amide bonds. The summed E-state index contributed by atoms with van der Waals surface area (Å²) in [4.78, 5) is 35.8. The third-order valence-corrected chi connectivity index (χ3v) is 2.88. The number of carbonyl (C=O) groups excluding carboxylic acids is 3. The Morgan fingerprint density at radius 1 is 1.35 bits per heavy atom. The van der Waals surface area contributed by atoms with Crippen LogP contribution in [-0.2, 0) is 23.9 Å². The second-order valence-electron chi connectivity index (χ2n) is 4.23. The van der Waals surface area contributed by atoms with Crippen molar-refractivity contribution >= 4 is 17.8 Å². The standard InChI is InChI=1S/C13H20N2O5/c1-2-19-12(17)6-4-8-20-13(18)10-5-3-7-15(10)11(16)9-14/h4,6,10H,2-3,5,7-9,14H2,1H3/b6-4+/t10-/m0/s1. The Morgan fingerprint density at radius 2 is 2.10 bits per heavy atom. The van der Waals surface area contributed by atoms with E-state index in [1.165, 1.54) is 17.1 Å². The van der Waals surface area contributed by atoms with Crippen LogP contribution >= 0.6 is 0 Å². The van der Waals surface area contributed by atoms with Crippen molar-refractivity contribution in [1.82, 2.24) is 4.90 Å². The van der Waals surface area contributed by atoms with Gasteiger partial charge in [0, 0.05) is 12.6 Å². The quantitative estimate of drug-likeness (QED) is 0.526. The monoisotopic (exact) mass is 284 g/mol. The van der Waals surface area contributed by atoms with Gasteiger partial charge in [-0.1, -0.05) is 0 Å². The van der Waals surface area contributed by atoms with Gasteiger partial charge in [0.1, 0.15) is 12.6 Å². The molecule has 7 nitrogen and oxygen atoms in total. The van der Waals surface area contributed by atoms with Gasteiger partial charge in [0.25, 0.3) is 0 Å². The minimum absolute atomic E-state index is 0.0290. The van der Waals surface area contributed by atoms with E-state index in [9.17, 15) is 14.4 Å². The maximum atomic E-state index is 11.8. The van der Waals surface area contributed by atoms with E-state index in [-0.39, 0.29) is 19.1 Å². The molecule has 0 aromatic heterocycles. The number of nitrogens with two attached hydrogens (primary N) is 1. The molecule has 7 heteroatoms. The maximum Gasteiger partial charge on any atom is 0.330 e. The molecule has 1 heterocycles. The molecule has 0 aromatic rings. The predicted octanol–water partition coefficient (Wildman–Crippen LogP) is -0.401. The third kappa shape index (κ3) is 4.65. The molecule has 0 spiro atoms. The number of hydrogen-bond acceptors (Lipinski definition) is 6. The minimum atomic E-state index is -0.568. The Kier molecular flexibility index (Phi) is 6.72. The van der Waals surface area contributed by atoms with Gasteiger partial charge in [0.05, 0.1) is 13.2 Å². The number of rotatable bonds is 6. The number of esters is 2. The lowest BCUT2D eigenvalue weighted by Crippen LogP contribution is -2.44. The SMILES string of the molecule is CCOC(=O)/C=C/COC(=O)[C@@H]1CCCN1C(=O)CN. The van der Waals surface area contributed by atoms with Crippen molar-refractivity contribution in [2.75, 3.05) is 26.3 Å². The summed E-state index contributed by atoms with van der Waals surface area (Å²) < 4.78 is 9.69. The van der Waals surface area contributed by atoms with Crippen LogP contribution in [0.2, 0.25) is 0 Å². The van der Waals surface area contributed by atoms with Gasteiger partial charge in [-0.15, -0.1) is 0 Å². The summed E-state index contributed by atoms with van der Waals surface area (Å²) in [6, 6.07) is -0.568. The average molecular weight is 284 g/mol. The van der Waals surface area contributed by atoms with Gasteiger partial charge in [-0.2, -0.15) is 0 Å². The Morgan fingerprint density at radius 3 is 2.75 bits per heavy atom. The van der Waals surface area contributed by atoms with Crippen molar-refractivity contribution < 1.29 is 23.9 Å². The van der Waals surface area contributed by atoms with Crippen LogP contribution < -0.4 is 5.73 Å². The Hall–Kier alpha value is -1.89. The van der Waals surface area contributed by atoms with E-state index in [1.807, 2.05) is 0 Å². The first-order chi connectivity index (χ1) is 9.60. The Bertz CT molecular complexity index is 394. The van der Waals surface area contributed by atoms with Crippen LogP contribution in [0, 0.1) is 0 Å². The first kappa shape index (κ1) is 16.2. The zero-order valence-corrected chi connectivity index (χ0v) is 11.5. The van der Waals surface area contributed by atoms with Crippen molar-refractivity contribution in [3.05, 3.63) is 12.2 Å². The van der Waals surface area contributed by atoms with Crippen LogP contribution in [0.15, 0.2) is 12.2 Å². The first-order valence-electron chi connectivity index (χ1n) is 6.59. The topological polar surface area (TPSA) is 98.9 Å². The normalized spacial score (nSPS) is 18.3. The van der Waals surface area contributed by atoms with Crippen molar-refractivity contribution in [3.63, 3.8) is 0 Å². The van der Waals surface area contributed by atoms with E-state index in [0.29, 0.717) is 19.6 Å². The van der Waals surface area contributed by atoms with Gasteiger partial charge in [0.15, 0.2) is 0 Å². The minimum Gasteiger partial charge on any atom is -0.463 e. The highest BCUT2D eigenvalue weighted by molar-refractivity contribution is 5.86. The van der Waals surface area contributed by atoms with E-state index in [4.69, 9.17) is 10.5 Å². The van der Waals surface area contributed by atoms with Crippen molar-refractivity contribution in [1.29, 1.82) is 0 Å². The lowest BCUT2D eigenvalue weighted by atomic mass is 10.2. The summed E-state index contributed by atoms with van der Waals surface area (Å²) in [5.74, 6) is -1.21. The molecule has 1 rings (SSSR count). The highest BCUT2D eigenvalue weighted by atomic mass is 16.5. The zero-order chi connectivity index (χ0) is 15.0. The van der Waals surface area contributed by atoms with Crippen molar-refractivity contribution in [3.8, 4) is 0 Å². The van der Waals surface area contributed by atoms with Crippen LogP contribution in [0.1, 0.15) is 19.8 Å². The molecule has 2 N–H and O–H groups in total. The fraction of sp³-hybridized carbons (Fsp3) is 0.615. The molecule has 0 unspecified atom stereocenters. The van der Waals surface area contributed by atoms with E-state index in [2.05, 4.69) is 4.74 Å². The van der Waals surface area contributed by atoms with Gasteiger partial charge in [0.2, 0.25) is 5.91 Å². The predicted molar refractivity (Wildman–Crippen MR) is 70.5 cm³/mol. The molecular weight excluding hydrogens is 264 g/mol. The van der Waals surface area contributed by atoms with Gasteiger partial charge in [-0.3, -0.25) is 4.79 Å². The van der Waals surface area contributed by atoms with Gasteiger partial charge in [-0.05, 0) is 25.8 Å². The molecule has 1 aliphatic rings. The van der Waals surface area contributed by atoms with Crippen LogP contribution in [0.3, 0.4) is 0 Å². The highest BCUT2D eigenvalue weighted by Crippen LogP contribution is 2.18. The number of carbonyl (C=O) groups is 3. The van der Waals surface area contributed by atoms with Gasteiger partial charge < -0.3 is 20.1 Å². The van der Waals surface area contributed by atoms with Crippen LogP contribution in [0.4, 0.5) is 0 Å². The maximum absolute atomic E-state index is 11.8. The molecular formula is C13H20N2O5. The van der Waals surface area contributed by atoms with Gasteiger partial charge >= 0.3 is 11.9 Å². The number of nitrogens with zero attached hydrogens (tertiary/aromatic N) is 1. The fourth-order valence-corrected chi connectivity index (χ4v) is 1.99. The van der Waals surface area contributed by atoms with E-state index < -0.39 is 18.0 Å². The van der Waals surface area contributed by atoms with E-state index in [1.54, 1.807) is 6.92 Å². The third-order valence-electron chi connectivity index (χ3n) is 2.88. The Labute approximate surface area is 117 Å². The molecule has 0 saturated carbocycles. The summed E-state index contributed by atoms with van der Waals surface area (Å²) >= 11 is 0. The number of hydrogen-bond donors (Lipinski definition) is 1. The molecule has 0 bridgehead atoms. The summed E-state index contributed by atoms with van der Waals surface area (Å²) in [6.45, 7) is 2.37. The number of likely N-dealkylation sites (tertiary alicyclic amines) is 1. The molecule has 1 atom stereocenters. The second-order valence-corrected chi connectivity index (χ2v) is 4.23. The van der Waals surface area contributed by atoms with Crippen molar-refractivity contribution in [2.45, 2.75) is 25.8 Å². The molecule has 0 aliphatic carbocycles. The number of ether oxygens (including phenoxy) is 2.